The molecule has 4 nitrogen and oxygen atoms in total. The average molecular weight is 431 g/mol. The highest BCUT2D eigenvalue weighted by atomic mass is 127. The van der Waals surface area contributed by atoms with E-state index in [1.807, 2.05) is 6.07 Å². The third-order valence-electron chi connectivity index (χ3n) is 4.23. The quantitative estimate of drug-likeness (QED) is 0.405. The summed E-state index contributed by atoms with van der Waals surface area (Å²) in [6.45, 7) is 5.04. The molecule has 1 aliphatic carbocycles. The van der Waals surface area contributed by atoms with Crippen LogP contribution in [-0.2, 0) is 6.54 Å². The predicted octanol–water partition coefficient (Wildman–Crippen LogP) is 4.09. The Morgan fingerprint density at radius 3 is 2.65 bits per heavy atom. The van der Waals surface area contributed by atoms with E-state index in [1.54, 1.807) is 7.05 Å². The third kappa shape index (κ3) is 6.57. The molecule has 1 unspecified atom stereocenters. The second-order valence-electron chi connectivity index (χ2n) is 6.01. The maximum Gasteiger partial charge on any atom is 0.191 e. The van der Waals surface area contributed by atoms with E-state index in [0.29, 0.717) is 12.1 Å². The molecule has 1 aliphatic rings. The van der Waals surface area contributed by atoms with Crippen molar-refractivity contribution in [3.05, 3.63) is 29.8 Å². The van der Waals surface area contributed by atoms with Gasteiger partial charge < -0.3 is 15.4 Å². The molecule has 1 aromatic carbocycles. The highest BCUT2D eigenvalue weighted by molar-refractivity contribution is 14.0. The van der Waals surface area contributed by atoms with E-state index in [-0.39, 0.29) is 24.0 Å². The molecular formula is C18H30IN3O. The molecule has 0 radical (unpaired) electrons. The minimum absolute atomic E-state index is 0. The summed E-state index contributed by atoms with van der Waals surface area (Å²) in [7, 11) is 1.80. The summed E-state index contributed by atoms with van der Waals surface area (Å²) in [4.78, 5) is 4.28. The fourth-order valence-electron chi connectivity index (χ4n) is 2.66. The molecule has 1 atom stereocenters. The lowest BCUT2D eigenvalue weighted by molar-refractivity contribution is 0.208. The van der Waals surface area contributed by atoms with Crippen LogP contribution in [0.15, 0.2) is 29.3 Å². The van der Waals surface area contributed by atoms with E-state index in [2.05, 4.69) is 47.7 Å². The topological polar surface area (TPSA) is 45.7 Å². The van der Waals surface area contributed by atoms with Crippen LogP contribution in [0.1, 0.15) is 51.5 Å². The van der Waals surface area contributed by atoms with Gasteiger partial charge in [-0.3, -0.25) is 4.99 Å². The lowest BCUT2D eigenvalue weighted by Crippen LogP contribution is -2.41. The van der Waals surface area contributed by atoms with E-state index < -0.39 is 0 Å². The number of ether oxygens (including phenoxy) is 1. The number of aliphatic imine (C=N–C) groups is 1. The van der Waals surface area contributed by atoms with Crippen LogP contribution in [0.2, 0.25) is 0 Å². The molecule has 130 valence electrons. The molecule has 5 heteroatoms. The van der Waals surface area contributed by atoms with Crippen molar-refractivity contribution in [2.45, 2.75) is 64.6 Å². The van der Waals surface area contributed by atoms with Gasteiger partial charge in [-0.05, 0) is 45.1 Å². The molecule has 0 spiro atoms. The predicted molar refractivity (Wildman–Crippen MR) is 108 cm³/mol. The zero-order valence-corrected chi connectivity index (χ0v) is 16.8. The number of halogens is 1. The lowest BCUT2D eigenvalue weighted by atomic mass is 10.2. The molecule has 23 heavy (non-hydrogen) atoms. The number of hydrogen-bond acceptors (Lipinski definition) is 2. The number of hydrogen-bond donors (Lipinski definition) is 2. The number of nitrogens with zero attached hydrogens (tertiary/aromatic N) is 1. The number of para-hydroxylation sites is 1. The van der Waals surface area contributed by atoms with Crippen LogP contribution >= 0.6 is 24.0 Å². The Morgan fingerprint density at radius 2 is 2.00 bits per heavy atom. The largest absolute Gasteiger partial charge is 0.490 e. The Balaban J connectivity index is 0.00000264. The molecule has 0 saturated heterocycles. The van der Waals surface area contributed by atoms with Crippen molar-refractivity contribution in [2.24, 2.45) is 4.99 Å². The van der Waals surface area contributed by atoms with E-state index in [9.17, 15) is 0 Å². The Hall–Kier alpha value is -0.980. The summed E-state index contributed by atoms with van der Waals surface area (Å²) in [6.07, 6.45) is 6.39. The normalized spacial score (nSPS) is 16.6. The van der Waals surface area contributed by atoms with Crippen molar-refractivity contribution in [3.63, 3.8) is 0 Å². The van der Waals surface area contributed by atoms with Crippen LogP contribution in [0.25, 0.3) is 0 Å². The molecule has 2 N–H and O–H groups in total. The molecule has 1 aromatic rings. The highest BCUT2D eigenvalue weighted by Gasteiger charge is 2.17. The van der Waals surface area contributed by atoms with E-state index in [4.69, 9.17) is 4.74 Å². The molecule has 0 bridgehead atoms. The average Bonchev–Trinajstić information content (AvgIpc) is 3.05. The van der Waals surface area contributed by atoms with Crippen molar-refractivity contribution < 1.29 is 4.74 Å². The molecule has 0 aliphatic heterocycles. The molecule has 1 fully saturated rings. The maximum absolute atomic E-state index is 6.17. The van der Waals surface area contributed by atoms with Crippen molar-refractivity contribution >= 4 is 29.9 Å². The van der Waals surface area contributed by atoms with Crippen LogP contribution in [0.5, 0.6) is 5.75 Å². The summed E-state index contributed by atoms with van der Waals surface area (Å²) < 4.78 is 6.17. The first kappa shape index (κ1) is 20.1. The van der Waals surface area contributed by atoms with Gasteiger partial charge in [-0.25, -0.2) is 0 Å². The smallest absolute Gasteiger partial charge is 0.191 e. The number of nitrogens with one attached hydrogen (secondary N) is 2. The molecule has 0 amide bonds. The Bertz CT molecular complexity index is 487. The summed E-state index contributed by atoms with van der Waals surface area (Å²) in [5.74, 6) is 1.84. The zero-order chi connectivity index (χ0) is 15.8. The van der Waals surface area contributed by atoms with Crippen molar-refractivity contribution in [2.75, 3.05) is 7.05 Å². The Labute approximate surface area is 157 Å². The van der Waals surface area contributed by atoms with Crippen LogP contribution in [0.4, 0.5) is 0 Å². The SMILES string of the molecule is CCC(C)NC(=NC)NCc1ccccc1OC1CCCC1.I. The summed E-state index contributed by atoms with van der Waals surface area (Å²) in [5, 5.41) is 6.75. The maximum atomic E-state index is 6.17. The van der Waals surface area contributed by atoms with Crippen LogP contribution in [0.3, 0.4) is 0 Å². The van der Waals surface area contributed by atoms with Gasteiger partial charge in [-0.15, -0.1) is 24.0 Å². The van der Waals surface area contributed by atoms with Gasteiger partial charge in [0.25, 0.3) is 0 Å². The monoisotopic (exact) mass is 431 g/mol. The van der Waals surface area contributed by atoms with Crippen molar-refractivity contribution in [3.8, 4) is 5.75 Å². The second-order valence-corrected chi connectivity index (χ2v) is 6.01. The first-order chi connectivity index (χ1) is 10.7. The van der Waals surface area contributed by atoms with E-state index in [1.165, 1.54) is 31.2 Å². The van der Waals surface area contributed by atoms with E-state index >= 15 is 0 Å². The summed E-state index contributed by atoms with van der Waals surface area (Å²) in [5.41, 5.74) is 1.18. The zero-order valence-electron chi connectivity index (χ0n) is 14.5. The minimum atomic E-state index is 0. The summed E-state index contributed by atoms with van der Waals surface area (Å²) >= 11 is 0. The van der Waals surface area contributed by atoms with Crippen molar-refractivity contribution in [1.82, 2.24) is 10.6 Å². The highest BCUT2D eigenvalue weighted by Crippen LogP contribution is 2.26. The Morgan fingerprint density at radius 1 is 1.30 bits per heavy atom. The standard InChI is InChI=1S/C18H29N3O.HI/c1-4-14(2)21-18(19-3)20-13-15-9-5-8-12-17(15)22-16-10-6-7-11-16;/h5,8-9,12,14,16H,4,6-7,10-11,13H2,1-3H3,(H2,19,20,21);1H. The molecular weight excluding hydrogens is 401 g/mol. The third-order valence-corrected chi connectivity index (χ3v) is 4.23. The fraction of sp³-hybridized carbons (Fsp3) is 0.611. The lowest BCUT2D eigenvalue weighted by Gasteiger charge is -2.19. The van der Waals surface area contributed by atoms with E-state index in [0.717, 1.165) is 24.7 Å². The fourth-order valence-corrected chi connectivity index (χ4v) is 2.66. The first-order valence-electron chi connectivity index (χ1n) is 8.44. The van der Waals surface area contributed by atoms with Gasteiger partial charge in [0.05, 0.1) is 6.10 Å². The number of rotatable bonds is 6. The van der Waals surface area contributed by atoms with Gasteiger partial charge in [0.2, 0.25) is 0 Å². The second kappa shape index (κ2) is 10.7. The summed E-state index contributed by atoms with van der Waals surface area (Å²) in [6, 6.07) is 8.70. The molecule has 1 saturated carbocycles. The minimum Gasteiger partial charge on any atom is -0.490 e. The van der Waals surface area contributed by atoms with Gasteiger partial charge in [-0.1, -0.05) is 25.1 Å². The molecule has 2 rings (SSSR count). The first-order valence-corrected chi connectivity index (χ1v) is 8.44. The van der Waals surface area contributed by atoms with Gasteiger partial charge in [-0.2, -0.15) is 0 Å². The molecule has 0 aromatic heterocycles. The number of guanidine groups is 1. The van der Waals surface area contributed by atoms with Crippen LogP contribution < -0.4 is 15.4 Å². The molecule has 0 heterocycles. The van der Waals surface area contributed by atoms with Gasteiger partial charge in [0.1, 0.15) is 5.75 Å². The van der Waals surface area contributed by atoms with Crippen molar-refractivity contribution in [1.29, 1.82) is 0 Å². The van der Waals surface area contributed by atoms with Gasteiger partial charge in [0.15, 0.2) is 5.96 Å². The van der Waals surface area contributed by atoms with Crippen LogP contribution in [0, 0.1) is 0 Å². The number of benzene rings is 1. The Kier molecular flexibility index (Phi) is 9.36. The van der Waals surface area contributed by atoms with Crippen LogP contribution in [-0.4, -0.2) is 25.2 Å². The van der Waals surface area contributed by atoms with Gasteiger partial charge in [0, 0.05) is 25.2 Å². The van der Waals surface area contributed by atoms with Gasteiger partial charge >= 0.3 is 0 Å².